The highest BCUT2D eigenvalue weighted by Gasteiger charge is 2.17. The van der Waals surface area contributed by atoms with Crippen molar-refractivity contribution in [1.82, 2.24) is 9.71 Å². The monoisotopic (exact) mass is 369 g/mol. The highest BCUT2D eigenvalue weighted by atomic mass is 32.2. The largest absolute Gasteiger partial charge is 0.320 e. The van der Waals surface area contributed by atoms with Crippen LogP contribution in [-0.2, 0) is 10.0 Å². The number of rotatable bonds is 5. The van der Waals surface area contributed by atoms with Crippen molar-refractivity contribution in [3.63, 3.8) is 0 Å². The molecule has 1 aromatic heterocycles. The first-order chi connectivity index (χ1) is 12.4. The van der Waals surface area contributed by atoms with Gasteiger partial charge in [0.05, 0.1) is 16.1 Å². The Morgan fingerprint density at radius 2 is 1.77 bits per heavy atom. The molecule has 3 rings (SSSR count). The van der Waals surface area contributed by atoms with E-state index >= 15 is 0 Å². The zero-order valence-electron chi connectivity index (χ0n) is 14.4. The number of aromatic nitrogens is 1. The molecule has 1 amide bonds. The molecule has 7 heteroatoms. The maximum Gasteiger partial charge on any atom is 0.255 e. The highest BCUT2D eigenvalue weighted by molar-refractivity contribution is 7.89. The molecule has 0 spiro atoms. The Morgan fingerprint density at radius 3 is 2.54 bits per heavy atom. The van der Waals surface area contributed by atoms with Gasteiger partial charge in [-0.1, -0.05) is 24.3 Å². The lowest BCUT2D eigenvalue weighted by molar-refractivity contribution is 0.102. The molecule has 0 bridgehead atoms. The Kier molecular flexibility index (Phi) is 5.01. The topological polar surface area (TPSA) is 88.2 Å². The SMILES string of the molecule is CC(C)NS(=O)(=O)c1cccc(C(=O)Nc2cccc3cccnc23)c1. The summed E-state index contributed by atoms with van der Waals surface area (Å²) in [4.78, 5) is 17.0. The van der Waals surface area contributed by atoms with Crippen molar-refractivity contribution < 1.29 is 13.2 Å². The Labute approximate surface area is 152 Å². The Balaban J connectivity index is 1.90. The van der Waals surface area contributed by atoms with Gasteiger partial charge in [-0.25, -0.2) is 13.1 Å². The lowest BCUT2D eigenvalue weighted by Gasteiger charge is -2.11. The molecule has 0 aliphatic rings. The van der Waals surface area contributed by atoms with Gasteiger partial charge in [-0.05, 0) is 44.2 Å². The van der Waals surface area contributed by atoms with E-state index in [0.717, 1.165) is 5.39 Å². The first-order valence-electron chi connectivity index (χ1n) is 8.14. The molecule has 3 aromatic rings. The molecule has 0 aliphatic heterocycles. The summed E-state index contributed by atoms with van der Waals surface area (Å²) in [5.41, 5.74) is 1.50. The molecule has 0 atom stereocenters. The van der Waals surface area contributed by atoms with Gasteiger partial charge in [0.1, 0.15) is 0 Å². The number of carbonyl (C=O) groups excluding carboxylic acids is 1. The number of nitrogens with one attached hydrogen (secondary N) is 2. The Bertz CT molecular complexity index is 1060. The maximum atomic E-state index is 12.6. The number of amides is 1. The van der Waals surface area contributed by atoms with Gasteiger partial charge in [0.25, 0.3) is 5.91 Å². The second-order valence-corrected chi connectivity index (χ2v) is 7.85. The van der Waals surface area contributed by atoms with Crippen LogP contribution in [0.4, 0.5) is 5.69 Å². The number of anilines is 1. The lowest BCUT2D eigenvalue weighted by atomic mass is 10.1. The van der Waals surface area contributed by atoms with Crippen LogP contribution in [0.2, 0.25) is 0 Å². The van der Waals surface area contributed by atoms with Crippen LogP contribution in [-0.4, -0.2) is 25.4 Å². The minimum Gasteiger partial charge on any atom is -0.320 e. The minimum absolute atomic E-state index is 0.0508. The Morgan fingerprint density at radius 1 is 1.04 bits per heavy atom. The second-order valence-electron chi connectivity index (χ2n) is 6.14. The third-order valence-corrected chi connectivity index (χ3v) is 5.33. The number of hydrogen-bond donors (Lipinski definition) is 2. The smallest absolute Gasteiger partial charge is 0.255 e. The summed E-state index contributed by atoms with van der Waals surface area (Å²) in [5, 5.41) is 3.71. The average molecular weight is 369 g/mol. The number of para-hydroxylation sites is 1. The first kappa shape index (κ1) is 18.0. The predicted molar refractivity (Wildman–Crippen MR) is 102 cm³/mol. The van der Waals surface area contributed by atoms with E-state index in [9.17, 15) is 13.2 Å². The molecular weight excluding hydrogens is 350 g/mol. The second kappa shape index (κ2) is 7.23. The van der Waals surface area contributed by atoms with Crippen molar-refractivity contribution >= 4 is 32.5 Å². The number of benzene rings is 2. The van der Waals surface area contributed by atoms with Gasteiger partial charge in [0, 0.05) is 23.2 Å². The van der Waals surface area contributed by atoms with E-state index in [1.165, 1.54) is 12.1 Å². The summed E-state index contributed by atoms with van der Waals surface area (Å²) in [5.74, 6) is -0.398. The van der Waals surface area contributed by atoms with Gasteiger partial charge < -0.3 is 5.32 Å². The number of nitrogens with zero attached hydrogens (tertiary/aromatic N) is 1. The lowest BCUT2D eigenvalue weighted by Crippen LogP contribution is -2.30. The van der Waals surface area contributed by atoms with E-state index in [-0.39, 0.29) is 16.5 Å². The number of fused-ring (bicyclic) bond motifs is 1. The number of hydrogen-bond acceptors (Lipinski definition) is 4. The van der Waals surface area contributed by atoms with Gasteiger partial charge in [-0.15, -0.1) is 0 Å². The van der Waals surface area contributed by atoms with E-state index in [4.69, 9.17) is 0 Å². The van der Waals surface area contributed by atoms with E-state index in [1.807, 2.05) is 24.3 Å². The minimum atomic E-state index is -3.67. The van der Waals surface area contributed by atoms with E-state index in [1.54, 1.807) is 38.2 Å². The summed E-state index contributed by atoms with van der Waals surface area (Å²) < 4.78 is 27.1. The highest BCUT2D eigenvalue weighted by Crippen LogP contribution is 2.21. The van der Waals surface area contributed by atoms with Crippen molar-refractivity contribution in [1.29, 1.82) is 0 Å². The van der Waals surface area contributed by atoms with Crippen LogP contribution in [0, 0.1) is 0 Å². The van der Waals surface area contributed by atoms with Crippen LogP contribution in [0.1, 0.15) is 24.2 Å². The van der Waals surface area contributed by atoms with Gasteiger partial charge in [-0.3, -0.25) is 9.78 Å². The molecule has 2 N–H and O–H groups in total. The number of sulfonamides is 1. The maximum absolute atomic E-state index is 12.6. The molecule has 6 nitrogen and oxygen atoms in total. The van der Waals surface area contributed by atoms with Crippen molar-refractivity contribution in [2.45, 2.75) is 24.8 Å². The summed E-state index contributed by atoms with van der Waals surface area (Å²) in [6, 6.07) is 14.9. The summed E-state index contributed by atoms with van der Waals surface area (Å²) >= 11 is 0. The predicted octanol–water partition coefficient (Wildman–Crippen LogP) is 3.17. The fourth-order valence-electron chi connectivity index (χ4n) is 2.58. The molecule has 26 heavy (non-hydrogen) atoms. The molecule has 0 radical (unpaired) electrons. The molecule has 0 aliphatic carbocycles. The van der Waals surface area contributed by atoms with Crippen molar-refractivity contribution in [3.05, 3.63) is 66.4 Å². The van der Waals surface area contributed by atoms with E-state index in [0.29, 0.717) is 11.2 Å². The van der Waals surface area contributed by atoms with Crippen molar-refractivity contribution in [2.75, 3.05) is 5.32 Å². The third kappa shape index (κ3) is 3.89. The quantitative estimate of drug-likeness (QED) is 0.723. The molecule has 2 aromatic carbocycles. The standard InChI is InChI=1S/C19H19N3O3S/c1-13(2)22-26(24,25)16-9-3-7-15(12-16)19(23)21-17-10-4-6-14-8-5-11-20-18(14)17/h3-13,22H,1-2H3,(H,21,23). The molecule has 0 saturated carbocycles. The molecule has 0 saturated heterocycles. The van der Waals surface area contributed by atoms with Crippen LogP contribution in [0.15, 0.2) is 65.7 Å². The van der Waals surface area contributed by atoms with Gasteiger partial charge in [-0.2, -0.15) is 0 Å². The van der Waals surface area contributed by atoms with Crippen molar-refractivity contribution in [3.8, 4) is 0 Å². The number of pyridine rings is 1. The van der Waals surface area contributed by atoms with Crippen LogP contribution in [0.5, 0.6) is 0 Å². The fraction of sp³-hybridized carbons (Fsp3) is 0.158. The normalized spacial score (nSPS) is 11.7. The first-order valence-corrected chi connectivity index (χ1v) is 9.62. The zero-order valence-corrected chi connectivity index (χ0v) is 15.2. The van der Waals surface area contributed by atoms with Crippen molar-refractivity contribution in [2.24, 2.45) is 0 Å². The molecular formula is C19H19N3O3S. The van der Waals surface area contributed by atoms with Gasteiger partial charge in [0.15, 0.2) is 0 Å². The Hall–Kier alpha value is -2.77. The fourth-order valence-corrected chi connectivity index (χ4v) is 3.88. The van der Waals surface area contributed by atoms with Crippen LogP contribution < -0.4 is 10.0 Å². The van der Waals surface area contributed by atoms with Crippen LogP contribution >= 0.6 is 0 Å². The van der Waals surface area contributed by atoms with Crippen LogP contribution in [0.3, 0.4) is 0 Å². The summed E-state index contributed by atoms with van der Waals surface area (Å²) in [6.45, 7) is 3.48. The zero-order chi connectivity index (χ0) is 18.7. The van der Waals surface area contributed by atoms with Gasteiger partial charge >= 0.3 is 0 Å². The molecule has 0 unspecified atom stereocenters. The van der Waals surface area contributed by atoms with E-state index < -0.39 is 15.9 Å². The molecule has 134 valence electrons. The molecule has 1 heterocycles. The summed E-state index contributed by atoms with van der Waals surface area (Å²) in [6.07, 6.45) is 1.66. The van der Waals surface area contributed by atoms with Crippen LogP contribution in [0.25, 0.3) is 10.9 Å². The summed E-state index contributed by atoms with van der Waals surface area (Å²) in [7, 11) is -3.67. The van der Waals surface area contributed by atoms with E-state index in [2.05, 4.69) is 15.0 Å². The average Bonchev–Trinajstić information content (AvgIpc) is 2.61. The number of carbonyl (C=O) groups is 1. The van der Waals surface area contributed by atoms with Gasteiger partial charge in [0.2, 0.25) is 10.0 Å². The molecule has 0 fully saturated rings. The third-order valence-electron chi connectivity index (χ3n) is 3.68.